The number of rotatable bonds is 2. The van der Waals surface area contributed by atoms with E-state index in [1.165, 1.54) is 21.0 Å². The first-order valence-electron chi connectivity index (χ1n) is 7.08. The smallest absolute Gasteiger partial charge is 0.348 e. The molecule has 1 aliphatic carbocycles. The summed E-state index contributed by atoms with van der Waals surface area (Å²) >= 11 is 0. The average molecular weight is 296 g/mol. The van der Waals surface area contributed by atoms with Crippen molar-refractivity contribution in [2.75, 3.05) is 7.11 Å². The molecule has 1 saturated carbocycles. The van der Waals surface area contributed by atoms with E-state index in [1.54, 1.807) is 0 Å². The highest BCUT2D eigenvalue weighted by molar-refractivity contribution is 6.16. The Kier molecular flexibility index (Phi) is 4.34. The molecular weight excluding hydrogens is 276 g/mol. The summed E-state index contributed by atoms with van der Waals surface area (Å²) < 4.78 is 14.9. The molecule has 1 heterocycles. The second-order valence-corrected chi connectivity index (χ2v) is 5.88. The number of carbonyl (C=O) groups excluding carboxylic acids is 3. The second-order valence-electron chi connectivity index (χ2n) is 5.88. The van der Waals surface area contributed by atoms with Crippen LogP contribution in [0, 0.1) is 5.92 Å². The fourth-order valence-electron chi connectivity index (χ4n) is 2.74. The van der Waals surface area contributed by atoms with Crippen molar-refractivity contribution in [3.05, 3.63) is 11.1 Å². The molecular formula is C15H20O6. The van der Waals surface area contributed by atoms with Gasteiger partial charge in [-0.2, -0.15) is 0 Å². The van der Waals surface area contributed by atoms with Gasteiger partial charge in [-0.1, -0.05) is 0 Å². The number of esters is 3. The maximum atomic E-state index is 12.0. The molecule has 2 rings (SSSR count). The van der Waals surface area contributed by atoms with Gasteiger partial charge in [0.1, 0.15) is 5.57 Å². The predicted molar refractivity (Wildman–Crippen MR) is 71.9 cm³/mol. The van der Waals surface area contributed by atoms with Crippen LogP contribution in [0.3, 0.4) is 0 Å². The third kappa shape index (κ3) is 3.62. The molecule has 0 bridgehead atoms. The number of hydrogen-bond donors (Lipinski definition) is 0. The predicted octanol–water partition coefficient (Wildman–Crippen LogP) is 1.87. The standard InChI is InChI=1S/C15H20O6/c1-15(2)20-13(17)12(14(18)21-15)10-6-4-9(5-7-10)8-11(16)19-3/h9H,4-8H2,1-3H3. The number of ether oxygens (including phenoxy) is 3. The zero-order valence-electron chi connectivity index (χ0n) is 12.6. The van der Waals surface area contributed by atoms with Crippen LogP contribution in [0.4, 0.5) is 0 Å². The Balaban J connectivity index is 2.05. The molecule has 21 heavy (non-hydrogen) atoms. The van der Waals surface area contributed by atoms with Crippen LogP contribution in [0.5, 0.6) is 0 Å². The Morgan fingerprint density at radius 2 is 1.71 bits per heavy atom. The lowest BCUT2D eigenvalue weighted by molar-refractivity contribution is -0.222. The maximum absolute atomic E-state index is 12.0. The SMILES string of the molecule is COC(=O)CC1CCC(=C2C(=O)OC(C)(C)OC2=O)CC1. The van der Waals surface area contributed by atoms with E-state index < -0.39 is 17.7 Å². The van der Waals surface area contributed by atoms with Gasteiger partial charge in [0.2, 0.25) is 0 Å². The van der Waals surface area contributed by atoms with E-state index in [-0.39, 0.29) is 17.5 Å². The molecule has 116 valence electrons. The van der Waals surface area contributed by atoms with E-state index in [9.17, 15) is 14.4 Å². The van der Waals surface area contributed by atoms with Crippen LogP contribution in [-0.4, -0.2) is 30.8 Å². The maximum Gasteiger partial charge on any atom is 0.348 e. The summed E-state index contributed by atoms with van der Waals surface area (Å²) in [6.07, 6.45) is 3.07. The van der Waals surface area contributed by atoms with Gasteiger partial charge in [-0.3, -0.25) is 4.79 Å². The first-order valence-corrected chi connectivity index (χ1v) is 7.08. The fraction of sp³-hybridized carbons (Fsp3) is 0.667. The van der Waals surface area contributed by atoms with Gasteiger partial charge in [0.05, 0.1) is 7.11 Å². The molecule has 1 saturated heterocycles. The van der Waals surface area contributed by atoms with Gasteiger partial charge in [-0.25, -0.2) is 9.59 Å². The van der Waals surface area contributed by atoms with E-state index in [0.29, 0.717) is 19.3 Å². The van der Waals surface area contributed by atoms with Crippen LogP contribution in [-0.2, 0) is 28.6 Å². The highest BCUT2D eigenvalue weighted by Crippen LogP contribution is 2.35. The molecule has 1 aliphatic heterocycles. The number of cyclic esters (lactones) is 2. The van der Waals surface area contributed by atoms with Crippen LogP contribution >= 0.6 is 0 Å². The van der Waals surface area contributed by atoms with E-state index in [4.69, 9.17) is 9.47 Å². The van der Waals surface area contributed by atoms with Crippen LogP contribution in [0.15, 0.2) is 11.1 Å². The molecule has 2 fully saturated rings. The quantitative estimate of drug-likeness (QED) is 0.440. The number of allylic oxidation sites excluding steroid dienone is 1. The molecule has 6 heteroatoms. The summed E-state index contributed by atoms with van der Waals surface area (Å²) in [6, 6.07) is 0. The van der Waals surface area contributed by atoms with E-state index in [2.05, 4.69) is 4.74 Å². The van der Waals surface area contributed by atoms with Gasteiger partial charge in [0.25, 0.3) is 5.79 Å². The van der Waals surface area contributed by atoms with Crippen LogP contribution in [0.2, 0.25) is 0 Å². The molecule has 0 radical (unpaired) electrons. The normalized spacial score (nSPS) is 25.2. The molecule has 0 unspecified atom stereocenters. The molecule has 6 nitrogen and oxygen atoms in total. The molecule has 0 N–H and O–H groups in total. The minimum absolute atomic E-state index is 0.0332. The lowest BCUT2D eigenvalue weighted by Gasteiger charge is -2.32. The lowest BCUT2D eigenvalue weighted by Crippen LogP contribution is -2.42. The number of methoxy groups -OCH3 is 1. The summed E-state index contributed by atoms with van der Waals surface area (Å²) in [5.74, 6) is -2.43. The van der Waals surface area contributed by atoms with Gasteiger partial charge in [-0.05, 0) is 37.2 Å². The Morgan fingerprint density at radius 3 is 2.19 bits per heavy atom. The Morgan fingerprint density at radius 1 is 1.19 bits per heavy atom. The summed E-state index contributed by atoms with van der Waals surface area (Å²) in [5, 5.41) is 0. The molecule has 0 spiro atoms. The van der Waals surface area contributed by atoms with E-state index >= 15 is 0 Å². The largest absolute Gasteiger partial charge is 0.469 e. The van der Waals surface area contributed by atoms with Crippen LogP contribution in [0.1, 0.15) is 46.0 Å². The van der Waals surface area contributed by atoms with Crippen molar-refractivity contribution in [1.29, 1.82) is 0 Å². The van der Waals surface area contributed by atoms with Gasteiger partial charge >= 0.3 is 17.9 Å². The van der Waals surface area contributed by atoms with Crippen molar-refractivity contribution >= 4 is 17.9 Å². The summed E-state index contributed by atoms with van der Waals surface area (Å²) in [6.45, 7) is 3.05. The van der Waals surface area contributed by atoms with Crippen LogP contribution < -0.4 is 0 Å². The molecule has 0 aromatic heterocycles. The van der Waals surface area contributed by atoms with Gasteiger partial charge in [0.15, 0.2) is 0 Å². The first kappa shape index (κ1) is 15.5. The molecule has 0 aromatic carbocycles. The highest BCUT2D eigenvalue weighted by Gasteiger charge is 2.41. The van der Waals surface area contributed by atoms with Crippen molar-refractivity contribution < 1.29 is 28.6 Å². The van der Waals surface area contributed by atoms with Crippen molar-refractivity contribution in [2.45, 2.75) is 51.7 Å². The third-order valence-electron chi connectivity index (χ3n) is 3.83. The zero-order valence-corrected chi connectivity index (χ0v) is 12.6. The highest BCUT2D eigenvalue weighted by atomic mass is 16.7. The van der Waals surface area contributed by atoms with E-state index in [0.717, 1.165) is 18.4 Å². The van der Waals surface area contributed by atoms with Gasteiger partial charge in [0, 0.05) is 20.3 Å². The minimum Gasteiger partial charge on any atom is -0.469 e. The molecule has 0 atom stereocenters. The van der Waals surface area contributed by atoms with Crippen molar-refractivity contribution in [3.63, 3.8) is 0 Å². The van der Waals surface area contributed by atoms with Gasteiger partial charge in [-0.15, -0.1) is 0 Å². The van der Waals surface area contributed by atoms with E-state index in [1.807, 2.05) is 0 Å². The van der Waals surface area contributed by atoms with Crippen molar-refractivity contribution in [2.24, 2.45) is 5.92 Å². The number of carbonyl (C=O) groups is 3. The monoisotopic (exact) mass is 296 g/mol. The van der Waals surface area contributed by atoms with Crippen LogP contribution in [0.25, 0.3) is 0 Å². The second kappa shape index (κ2) is 5.87. The lowest BCUT2D eigenvalue weighted by atomic mass is 9.82. The van der Waals surface area contributed by atoms with Crippen molar-refractivity contribution in [3.8, 4) is 0 Å². The van der Waals surface area contributed by atoms with Gasteiger partial charge < -0.3 is 14.2 Å². The Labute approximate surface area is 123 Å². The zero-order chi connectivity index (χ0) is 15.6. The minimum atomic E-state index is -1.21. The molecule has 0 aromatic rings. The third-order valence-corrected chi connectivity index (χ3v) is 3.83. The summed E-state index contributed by atoms with van der Waals surface area (Å²) in [5.41, 5.74) is 0.799. The fourth-order valence-corrected chi connectivity index (χ4v) is 2.74. The molecule has 2 aliphatic rings. The molecule has 0 amide bonds. The average Bonchev–Trinajstić information content (AvgIpc) is 2.38. The Bertz CT molecular complexity index is 470. The van der Waals surface area contributed by atoms with Crippen molar-refractivity contribution in [1.82, 2.24) is 0 Å². The summed E-state index contributed by atoms with van der Waals surface area (Å²) in [4.78, 5) is 35.2. The Hall–Kier alpha value is -1.85. The topological polar surface area (TPSA) is 78.9 Å². The first-order chi connectivity index (χ1) is 9.82. The number of hydrogen-bond acceptors (Lipinski definition) is 6. The summed E-state index contributed by atoms with van der Waals surface area (Å²) in [7, 11) is 1.37.